The van der Waals surface area contributed by atoms with Gasteiger partial charge in [-0.25, -0.2) is 13.6 Å². The molecule has 1 aromatic carbocycles. The summed E-state index contributed by atoms with van der Waals surface area (Å²) in [5.41, 5.74) is 0.875. The minimum atomic E-state index is -0.644. The molecule has 10 heteroatoms. The van der Waals surface area contributed by atoms with Crippen LogP contribution in [0.2, 0.25) is 0 Å². The van der Waals surface area contributed by atoms with Gasteiger partial charge in [-0.15, -0.1) is 0 Å². The Labute approximate surface area is 195 Å². The Morgan fingerprint density at radius 2 is 1.82 bits per heavy atom. The fourth-order valence-electron chi connectivity index (χ4n) is 4.62. The van der Waals surface area contributed by atoms with Crippen LogP contribution in [0.25, 0.3) is 0 Å². The lowest BCUT2D eigenvalue weighted by molar-refractivity contribution is -0.126. The molecule has 2 aliphatic heterocycles. The van der Waals surface area contributed by atoms with Gasteiger partial charge in [0.2, 0.25) is 5.91 Å². The molecule has 2 aromatic rings. The van der Waals surface area contributed by atoms with Crippen molar-refractivity contribution in [2.75, 3.05) is 40.4 Å². The highest BCUT2D eigenvalue weighted by molar-refractivity contribution is 5.93. The number of esters is 1. The summed E-state index contributed by atoms with van der Waals surface area (Å²) in [6, 6.07) is 4.67. The molecule has 0 N–H and O–H groups in total. The average Bonchev–Trinajstić information content (AvgIpc) is 2.96. The SMILES string of the molecule is COC(=O)c1c(OCC2CC(=O)N(C)C2)cc(=O)n2c1CCN(Cc1cc(F)cc(F)c1)CC2. The van der Waals surface area contributed by atoms with Gasteiger partial charge in [0.25, 0.3) is 5.56 Å². The summed E-state index contributed by atoms with van der Waals surface area (Å²) in [4.78, 5) is 41.0. The summed E-state index contributed by atoms with van der Waals surface area (Å²) >= 11 is 0. The molecule has 1 fully saturated rings. The minimum Gasteiger partial charge on any atom is -0.492 e. The van der Waals surface area contributed by atoms with E-state index in [4.69, 9.17) is 9.47 Å². The predicted octanol–water partition coefficient (Wildman–Crippen LogP) is 1.83. The van der Waals surface area contributed by atoms with Gasteiger partial charge < -0.3 is 18.9 Å². The molecule has 0 spiro atoms. The lowest BCUT2D eigenvalue weighted by Gasteiger charge is -2.19. The summed E-state index contributed by atoms with van der Waals surface area (Å²) in [7, 11) is 2.99. The summed E-state index contributed by atoms with van der Waals surface area (Å²) in [6.45, 7) is 2.28. The highest BCUT2D eigenvalue weighted by atomic mass is 19.1. The third-order valence-electron chi connectivity index (χ3n) is 6.30. The third kappa shape index (κ3) is 5.11. The summed E-state index contributed by atoms with van der Waals surface area (Å²) in [5, 5.41) is 0. The van der Waals surface area contributed by atoms with Crippen LogP contribution in [0.1, 0.15) is 28.0 Å². The van der Waals surface area contributed by atoms with Crippen molar-refractivity contribution < 1.29 is 27.8 Å². The van der Waals surface area contributed by atoms with Gasteiger partial charge in [0.15, 0.2) is 0 Å². The van der Waals surface area contributed by atoms with Crippen molar-refractivity contribution in [3.63, 3.8) is 0 Å². The first kappa shape index (κ1) is 23.9. The quantitative estimate of drug-likeness (QED) is 0.593. The molecule has 34 heavy (non-hydrogen) atoms. The van der Waals surface area contributed by atoms with E-state index < -0.39 is 17.6 Å². The number of likely N-dealkylation sites (tertiary alicyclic amines) is 1. The number of benzene rings is 1. The van der Waals surface area contributed by atoms with Crippen molar-refractivity contribution >= 4 is 11.9 Å². The van der Waals surface area contributed by atoms with Crippen molar-refractivity contribution in [2.24, 2.45) is 5.92 Å². The van der Waals surface area contributed by atoms with Crippen LogP contribution in [0.4, 0.5) is 8.78 Å². The van der Waals surface area contributed by atoms with E-state index in [2.05, 4.69) is 0 Å². The highest BCUT2D eigenvalue weighted by Crippen LogP contribution is 2.26. The molecule has 0 bridgehead atoms. The Kier molecular flexibility index (Phi) is 6.97. The second-order valence-corrected chi connectivity index (χ2v) is 8.77. The van der Waals surface area contributed by atoms with Crippen molar-refractivity contribution in [1.29, 1.82) is 0 Å². The van der Waals surface area contributed by atoms with Crippen LogP contribution in [-0.4, -0.2) is 66.6 Å². The predicted molar refractivity (Wildman–Crippen MR) is 119 cm³/mol. The number of carbonyl (C=O) groups is 2. The topological polar surface area (TPSA) is 81.1 Å². The minimum absolute atomic E-state index is 0.0297. The molecule has 0 aliphatic carbocycles. The van der Waals surface area contributed by atoms with Gasteiger partial charge in [-0.3, -0.25) is 14.5 Å². The van der Waals surface area contributed by atoms with Gasteiger partial charge in [0.05, 0.1) is 13.7 Å². The van der Waals surface area contributed by atoms with E-state index >= 15 is 0 Å². The van der Waals surface area contributed by atoms with Gasteiger partial charge >= 0.3 is 5.97 Å². The zero-order valence-corrected chi connectivity index (χ0v) is 19.2. The highest BCUT2D eigenvalue weighted by Gasteiger charge is 2.30. The maximum Gasteiger partial charge on any atom is 0.343 e. The summed E-state index contributed by atoms with van der Waals surface area (Å²) < 4.78 is 39.6. The number of nitrogens with zero attached hydrogens (tertiary/aromatic N) is 3. The molecule has 1 amide bonds. The summed E-state index contributed by atoms with van der Waals surface area (Å²) in [5.74, 6) is -1.76. The van der Waals surface area contributed by atoms with E-state index in [1.54, 1.807) is 11.9 Å². The molecule has 1 unspecified atom stereocenters. The van der Waals surface area contributed by atoms with Crippen LogP contribution in [0.3, 0.4) is 0 Å². The van der Waals surface area contributed by atoms with Crippen LogP contribution in [0, 0.1) is 17.6 Å². The summed E-state index contributed by atoms with van der Waals surface area (Å²) in [6.07, 6.45) is 0.697. The average molecular weight is 475 g/mol. The lowest BCUT2D eigenvalue weighted by Crippen LogP contribution is -2.29. The molecule has 182 valence electrons. The standard InChI is InChI=1S/C24H27F2N3O5/c1-27-12-16(9-21(27)30)14-34-20-11-22(31)29-6-5-28(4-3-19(29)23(20)24(32)33-2)13-15-7-17(25)10-18(26)8-15/h7-8,10-11,16H,3-6,9,12-14H2,1-2H3. The van der Waals surface area contributed by atoms with Crippen LogP contribution >= 0.6 is 0 Å². The Bertz CT molecular complexity index is 1150. The van der Waals surface area contributed by atoms with E-state index in [0.717, 1.165) is 6.07 Å². The zero-order valence-electron chi connectivity index (χ0n) is 19.2. The van der Waals surface area contributed by atoms with Crippen molar-refractivity contribution in [3.05, 3.63) is 63.1 Å². The number of amides is 1. The molecule has 0 radical (unpaired) electrons. The number of hydrogen-bond acceptors (Lipinski definition) is 6. The van der Waals surface area contributed by atoms with Crippen molar-refractivity contribution in [2.45, 2.75) is 25.9 Å². The number of methoxy groups -OCH3 is 1. The number of aromatic nitrogens is 1. The fourth-order valence-corrected chi connectivity index (χ4v) is 4.62. The normalized spacial score (nSPS) is 18.5. The molecule has 1 atom stereocenters. The number of carbonyl (C=O) groups excluding carboxylic acids is 2. The van der Waals surface area contributed by atoms with Gasteiger partial charge in [-0.05, 0) is 17.7 Å². The Balaban J connectivity index is 1.57. The van der Waals surface area contributed by atoms with Crippen molar-refractivity contribution in [3.8, 4) is 5.75 Å². The van der Waals surface area contributed by atoms with E-state index in [1.807, 2.05) is 4.90 Å². The van der Waals surface area contributed by atoms with Gasteiger partial charge in [0, 0.05) is 76.4 Å². The molecular weight excluding hydrogens is 448 g/mol. The van der Waals surface area contributed by atoms with Gasteiger partial charge in [-0.1, -0.05) is 0 Å². The van der Waals surface area contributed by atoms with Crippen LogP contribution < -0.4 is 10.3 Å². The van der Waals surface area contributed by atoms with Crippen LogP contribution in [0.15, 0.2) is 29.1 Å². The van der Waals surface area contributed by atoms with Crippen LogP contribution in [0.5, 0.6) is 5.75 Å². The fraction of sp³-hybridized carbons (Fsp3) is 0.458. The maximum atomic E-state index is 13.6. The molecule has 1 saturated heterocycles. The molecule has 3 heterocycles. The largest absolute Gasteiger partial charge is 0.492 e. The first-order valence-electron chi connectivity index (χ1n) is 11.1. The van der Waals surface area contributed by atoms with Crippen molar-refractivity contribution in [1.82, 2.24) is 14.4 Å². The van der Waals surface area contributed by atoms with E-state index in [1.165, 1.54) is 29.9 Å². The second kappa shape index (κ2) is 9.92. The third-order valence-corrected chi connectivity index (χ3v) is 6.30. The molecule has 0 saturated carbocycles. The van der Waals surface area contributed by atoms with Crippen LogP contribution in [-0.2, 0) is 29.0 Å². The molecule has 4 rings (SSSR count). The Morgan fingerprint density at radius 1 is 1.09 bits per heavy atom. The lowest BCUT2D eigenvalue weighted by atomic mass is 10.1. The number of ether oxygens (including phenoxy) is 2. The van der Waals surface area contributed by atoms with Gasteiger partial charge in [0.1, 0.15) is 22.9 Å². The number of hydrogen-bond donors (Lipinski definition) is 0. The molecule has 8 nitrogen and oxygen atoms in total. The molecule has 2 aliphatic rings. The smallest absolute Gasteiger partial charge is 0.343 e. The number of fused-ring (bicyclic) bond motifs is 1. The first-order valence-corrected chi connectivity index (χ1v) is 11.1. The first-order chi connectivity index (χ1) is 16.2. The maximum absolute atomic E-state index is 13.6. The molecule has 1 aromatic heterocycles. The number of pyridine rings is 1. The Hall–Kier alpha value is -3.27. The second-order valence-electron chi connectivity index (χ2n) is 8.77. The monoisotopic (exact) mass is 475 g/mol. The number of halogens is 2. The number of rotatable bonds is 6. The van der Waals surface area contributed by atoms with E-state index in [0.29, 0.717) is 56.8 Å². The van der Waals surface area contributed by atoms with E-state index in [-0.39, 0.29) is 35.3 Å². The Morgan fingerprint density at radius 3 is 2.47 bits per heavy atom. The zero-order chi connectivity index (χ0) is 24.4. The molecular formula is C24H27F2N3O5. The van der Waals surface area contributed by atoms with E-state index in [9.17, 15) is 23.2 Å². The van der Waals surface area contributed by atoms with Gasteiger partial charge in [-0.2, -0.15) is 0 Å².